The minimum Gasteiger partial charge on any atom is -0.447 e. The second kappa shape index (κ2) is 7.67. The number of furan rings is 1. The Hall–Kier alpha value is -0.850. The monoisotopic (exact) mass is 288 g/mol. The van der Waals surface area contributed by atoms with Gasteiger partial charge in [-0.1, -0.05) is 26.7 Å². The van der Waals surface area contributed by atoms with Crippen molar-refractivity contribution in [2.75, 3.05) is 13.6 Å². The van der Waals surface area contributed by atoms with Crippen molar-refractivity contribution in [3.05, 3.63) is 17.9 Å². The topological polar surface area (TPSA) is 71.3 Å². The Labute approximate surface area is 115 Å². The van der Waals surface area contributed by atoms with Crippen molar-refractivity contribution in [1.82, 2.24) is 10.0 Å². The van der Waals surface area contributed by atoms with Gasteiger partial charge in [0, 0.05) is 0 Å². The summed E-state index contributed by atoms with van der Waals surface area (Å²) in [7, 11) is -2.10. The van der Waals surface area contributed by atoms with Crippen LogP contribution >= 0.6 is 0 Å². The second-order valence-corrected chi connectivity index (χ2v) is 6.81. The molecule has 1 aromatic heterocycles. The number of nitrogens with one attached hydrogen (secondary N) is 2. The van der Waals surface area contributed by atoms with E-state index in [-0.39, 0.29) is 5.09 Å². The molecule has 0 spiro atoms. The quantitative estimate of drug-likeness (QED) is 0.683. The summed E-state index contributed by atoms with van der Waals surface area (Å²) in [4.78, 5) is 0. The molecule has 0 amide bonds. The van der Waals surface area contributed by atoms with Gasteiger partial charge in [-0.3, -0.25) is 0 Å². The first-order valence-corrected chi connectivity index (χ1v) is 8.17. The van der Waals surface area contributed by atoms with Crippen molar-refractivity contribution in [2.24, 2.45) is 5.92 Å². The third-order valence-corrected chi connectivity index (χ3v) is 4.14. The molecule has 5 nitrogen and oxygen atoms in total. The van der Waals surface area contributed by atoms with Gasteiger partial charge >= 0.3 is 0 Å². The molecule has 0 unspecified atom stereocenters. The molecule has 2 N–H and O–H groups in total. The van der Waals surface area contributed by atoms with Crippen LogP contribution in [0.1, 0.15) is 38.9 Å². The molecule has 0 bridgehead atoms. The van der Waals surface area contributed by atoms with Crippen LogP contribution in [0.2, 0.25) is 0 Å². The molecule has 1 heterocycles. The van der Waals surface area contributed by atoms with E-state index >= 15 is 0 Å². The zero-order chi connectivity index (χ0) is 14.3. The summed E-state index contributed by atoms with van der Waals surface area (Å²) in [5.41, 5.74) is 0. The summed E-state index contributed by atoms with van der Waals surface area (Å²) in [6.07, 6.45) is 3.58. The van der Waals surface area contributed by atoms with Gasteiger partial charge in [-0.05, 0) is 38.1 Å². The molecule has 0 aliphatic rings. The maximum absolute atomic E-state index is 11.5. The van der Waals surface area contributed by atoms with Gasteiger partial charge < -0.3 is 9.73 Å². The fraction of sp³-hybridized carbons (Fsp3) is 0.692. The van der Waals surface area contributed by atoms with Gasteiger partial charge in [0.15, 0.2) is 0 Å². The summed E-state index contributed by atoms with van der Waals surface area (Å²) in [6, 6.07) is 3.16. The molecule has 1 rings (SSSR count). The lowest BCUT2D eigenvalue weighted by Gasteiger charge is -2.05. The van der Waals surface area contributed by atoms with Crippen LogP contribution in [-0.2, 0) is 16.6 Å². The summed E-state index contributed by atoms with van der Waals surface area (Å²) in [6.45, 7) is 5.92. The van der Waals surface area contributed by atoms with Crippen molar-refractivity contribution in [3.63, 3.8) is 0 Å². The van der Waals surface area contributed by atoms with Crippen molar-refractivity contribution in [1.29, 1.82) is 0 Å². The summed E-state index contributed by atoms with van der Waals surface area (Å²) >= 11 is 0. The lowest BCUT2D eigenvalue weighted by atomic mass is 10.1. The molecule has 6 heteroatoms. The van der Waals surface area contributed by atoms with Gasteiger partial charge in [0.2, 0.25) is 5.09 Å². The molecule has 0 aromatic carbocycles. The van der Waals surface area contributed by atoms with E-state index in [1.807, 2.05) is 0 Å². The van der Waals surface area contributed by atoms with Crippen molar-refractivity contribution >= 4 is 10.0 Å². The molecular weight excluding hydrogens is 264 g/mol. The first-order valence-electron chi connectivity index (χ1n) is 6.68. The van der Waals surface area contributed by atoms with Crippen LogP contribution in [0.15, 0.2) is 21.6 Å². The van der Waals surface area contributed by atoms with Crippen LogP contribution in [0, 0.1) is 5.92 Å². The zero-order valence-electron chi connectivity index (χ0n) is 11.9. The first-order chi connectivity index (χ1) is 8.95. The van der Waals surface area contributed by atoms with Gasteiger partial charge in [0.25, 0.3) is 10.0 Å². The van der Waals surface area contributed by atoms with Crippen LogP contribution in [0.25, 0.3) is 0 Å². The van der Waals surface area contributed by atoms with Crippen LogP contribution in [0.4, 0.5) is 0 Å². The number of rotatable bonds is 9. The van der Waals surface area contributed by atoms with Gasteiger partial charge in [0.1, 0.15) is 5.76 Å². The Morgan fingerprint density at radius 1 is 1.26 bits per heavy atom. The van der Waals surface area contributed by atoms with E-state index in [1.54, 1.807) is 6.07 Å². The van der Waals surface area contributed by atoms with Gasteiger partial charge in [-0.25, -0.2) is 13.1 Å². The lowest BCUT2D eigenvalue weighted by molar-refractivity contribution is 0.398. The summed E-state index contributed by atoms with van der Waals surface area (Å²) in [5.74, 6) is 1.39. The fourth-order valence-electron chi connectivity index (χ4n) is 1.71. The van der Waals surface area contributed by atoms with Crippen LogP contribution in [0.3, 0.4) is 0 Å². The SMILES string of the molecule is CNS(=O)(=O)c1ccc(CNCCCCC(C)C)o1. The molecule has 0 saturated heterocycles. The van der Waals surface area contributed by atoms with Crippen molar-refractivity contribution in [2.45, 2.75) is 44.7 Å². The highest BCUT2D eigenvalue weighted by atomic mass is 32.2. The van der Waals surface area contributed by atoms with E-state index in [1.165, 1.54) is 26.0 Å². The Morgan fingerprint density at radius 2 is 2.00 bits per heavy atom. The van der Waals surface area contributed by atoms with E-state index in [2.05, 4.69) is 23.9 Å². The number of sulfonamides is 1. The standard InChI is InChI=1S/C13H24N2O3S/c1-11(2)6-4-5-9-15-10-12-7-8-13(18-12)19(16,17)14-3/h7-8,11,14-15H,4-6,9-10H2,1-3H3. The predicted octanol–water partition coefficient (Wildman–Crippen LogP) is 2.10. The Bertz CT molecular complexity index is 466. The highest BCUT2D eigenvalue weighted by Crippen LogP contribution is 2.13. The van der Waals surface area contributed by atoms with Gasteiger partial charge in [-0.2, -0.15) is 0 Å². The molecule has 0 aliphatic carbocycles. The largest absolute Gasteiger partial charge is 0.447 e. The molecule has 0 aliphatic heterocycles. The maximum Gasteiger partial charge on any atom is 0.273 e. The number of hydrogen-bond acceptors (Lipinski definition) is 4. The minimum atomic E-state index is -3.47. The van der Waals surface area contributed by atoms with Gasteiger partial charge in [0.05, 0.1) is 6.54 Å². The van der Waals surface area contributed by atoms with Crippen molar-refractivity contribution in [3.8, 4) is 0 Å². The van der Waals surface area contributed by atoms with Gasteiger partial charge in [-0.15, -0.1) is 0 Å². The number of unbranched alkanes of at least 4 members (excludes halogenated alkanes) is 1. The van der Waals surface area contributed by atoms with E-state index in [9.17, 15) is 8.42 Å². The van der Waals surface area contributed by atoms with E-state index < -0.39 is 10.0 Å². The average Bonchev–Trinajstić information content (AvgIpc) is 2.82. The summed E-state index contributed by atoms with van der Waals surface area (Å²) < 4.78 is 30.4. The van der Waals surface area contributed by atoms with Crippen LogP contribution < -0.4 is 10.0 Å². The molecule has 0 atom stereocenters. The fourth-order valence-corrected chi connectivity index (χ4v) is 2.38. The number of hydrogen-bond donors (Lipinski definition) is 2. The Balaban J connectivity index is 2.28. The smallest absolute Gasteiger partial charge is 0.273 e. The van der Waals surface area contributed by atoms with Crippen molar-refractivity contribution < 1.29 is 12.8 Å². The lowest BCUT2D eigenvalue weighted by Crippen LogP contribution is -2.18. The highest BCUT2D eigenvalue weighted by molar-refractivity contribution is 7.89. The van der Waals surface area contributed by atoms with Crippen LogP contribution in [0.5, 0.6) is 0 Å². The molecule has 19 heavy (non-hydrogen) atoms. The van der Waals surface area contributed by atoms with Crippen LogP contribution in [-0.4, -0.2) is 22.0 Å². The van der Waals surface area contributed by atoms with E-state index in [4.69, 9.17) is 4.42 Å². The molecular formula is C13H24N2O3S. The highest BCUT2D eigenvalue weighted by Gasteiger charge is 2.15. The second-order valence-electron chi connectivity index (χ2n) is 4.99. The third kappa shape index (κ3) is 5.76. The van der Waals surface area contributed by atoms with E-state index in [0.29, 0.717) is 12.3 Å². The molecule has 0 saturated carbocycles. The molecule has 0 radical (unpaired) electrons. The average molecular weight is 288 g/mol. The zero-order valence-corrected chi connectivity index (χ0v) is 12.7. The Kier molecular flexibility index (Phi) is 6.54. The third-order valence-electron chi connectivity index (χ3n) is 2.85. The normalized spacial score (nSPS) is 12.2. The summed E-state index contributed by atoms with van der Waals surface area (Å²) in [5, 5.41) is 3.21. The maximum atomic E-state index is 11.5. The molecule has 0 fully saturated rings. The molecule has 110 valence electrons. The predicted molar refractivity (Wildman–Crippen MR) is 75.3 cm³/mol. The molecule has 1 aromatic rings. The Morgan fingerprint density at radius 3 is 2.63 bits per heavy atom. The first kappa shape index (κ1) is 16.2. The van der Waals surface area contributed by atoms with E-state index in [0.717, 1.165) is 18.9 Å². The minimum absolute atomic E-state index is 0.0355.